The van der Waals surface area contributed by atoms with E-state index in [4.69, 9.17) is 9.47 Å². The summed E-state index contributed by atoms with van der Waals surface area (Å²) in [7, 11) is 0. The molecule has 88 valence electrons. The van der Waals surface area contributed by atoms with E-state index in [1.54, 1.807) is 0 Å². The number of rotatable bonds is 6. The summed E-state index contributed by atoms with van der Waals surface area (Å²) in [5.74, 6) is -0.155. The van der Waals surface area contributed by atoms with Crippen LogP contribution in [0.2, 0.25) is 0 Å². The van der Waals surface area contributed by atoms with E-state index in [2.05, 4.69) is 5.32 Å². The van der Waals surface area contributed by atoms with E-state index in [1.165, 1.54) is 0 Å². The van der Waals surface area contributed by atoms with Gasteiger partial charge < -0.3 is 14.8 Å². The lowest BCUT2D eigenvalue weighted by Crippen LogP contribution is -2.41. The van der Waals surface area contributed by atoms with Crippen LogP contribution in [-0.4, -0.2) is 37.9 Å². The van der Waals surface area contributed by atoms with E-state index in [9.17, 15) is 4.79 Å². The molecule has 4 heteroatoms. The van der Waals surface area contributed by atoms with Gasteiger partial charge in [0.25, 0.3) is 0 Å². The molecule has 0 aliphatic carbocycles. The van der Waals surface area contributed by atoms with Crippen LogP contribution in [0, 0.1) is 0 Å². The Balaban J connectivity index is 2.23. The number of hydrogen-bond acceptors (Lipinski definition) is 4. The highest BCUT2D eigenvalue weighted by Gasteiger charge is 2.21. The standard InChI is InChI=1S/C11H21NO3/c1-3-10(11(13)14-4-2)12-8-9-6-5-7-15-9/h9-10,12H,3-8H2,1-2H3. The first-order valence-electron chi connectivity index (χ1n) is 5.79. The lowest BCUT2D eigenvalue weighted by molar-refractivity contribution is -0.145. The molecule has 0 aromatic carbocycles. The van der Waals surface area contributed by atoms with E-state index in [0.29, 0.717) is 6.61 Å². The lowest BCUT2D eigenvalue weighted by Gasteiger charge is -2.17. The molecule has 2 atom stereocenters. The second kappa shape index (κ2) is 6.80. The summed E-state index contributed by atoms with van der Waals surface area (Å²) >= 11 is 0. The summed E-state index contributed by atoms with van der Waals surface area (Å²) in [6.07, 6.45) is 3.24. The average Bonchev–Trinajstić information content (AvgIpc) is 2.72. The summed E-state index contributed by atoms with van der Waals surface area (Å²) in [5, 5.41) is 3.20. The van der Waals surface area contributed by atoms with Gasteiger partial charge in [-0.25, -0.2) is 0 Å². The molecule has 1 N–H and O–H groups in total. The monoisotopic (exact) mass is 215 g/mol. The summed E-state index contributed by atoms with van der Waals surface area (Å²) in [5.41, 5.74) is 0. The normalized spacial score (nSPS) is 22.7. The quantitative estimate of drug-likeness (QED) is 0.674. The maximum absolute atomic E-state index is 11.5. The van der Waals surface area contributed by atoms with Gasteiger partial charge in [0.05, 0.1) is 12.7 Å². The molecule has 0 aromatic rings. The third kappa shape index (κ3) is 4.18. The van der Waals surface area contributed by atoms with Gasteiger partial charge in [0.1, 0.15) is 6.04 Å². The Morgan fingerprint density at radius 2 is 2.40 bits per heavy atom. The third-order valence-electron chi connectivity index (χ3n) is 2.60. The molecule has 1 fully saturated rings. The van der Waals surface area contributed by atoms with Gasteiger partial charge in [0, 0.05) is 13.2 Å². The van der Waals surface area contributed by atoms with Crippen LogP contribution < -0.4 is 5.32 Å². The fraction of sp³-hybridized carbons (Fsp3) is 0.909. The highest BCUT2D eigenvalue weighted by molar-refractivity contribution is 5.75. The minimum absolute atomic E-state index is 0.155. The van der Waals surface area contributed by atoms with Gasteiger partial charge in [-0.2, -0.15) is 0 Å². The molecule has 0 saturated carbocycles. The largest absolute Gasteiger partial charge is 0.465 e. The van der Waals surface area contributed by atoms with Gasteiger partial charge in [-0.15, -0.1) is 0 Å². The van der Waals surface area contributed by atoms with Crippen molar-refractivity contribution in [2.45, 2.75) is 45.3 Å². The molecule has 1 aliphatic rings. The minimum atomic E-state index is -0.186. The van der Waals surface area contributed by atoms with Crippen molar-refractivity contribution in [2.24, 2.45) is 0 Å². The van der Waals surface area contributed by atoms with Crippen molar-refractivity contribution in [1.29, 1.82) is 0 Å². The Morgan fingerprint density at radius 1 is 1.60 bits per heavy atom. The lowest BCUT2D eigenvalue weighted by atomic mass is 10.2. The van der Waals surface area contributed by atoms with Gasteiger partial charge >= 0.3 is 5.97 Å². The van der Waals surface area contributed by atoms with Crippen molar-refractivity contribution in [1.82, 2.24) is 5.32 Å². The van der Waals surface area contributed by atoms with Crippen molar-refractivity contribution < 1.29 is 14.3 Å². The zero-order chi connectivity index (χ0) is 11.1. The Hall–Kier alpha value is -0.610. The minimum Gasteiger partial charge on any atom is -0.465 e. The van der Waals surface area contributed by atoms with E-state index < -0.39 is 0 Å². The third-order valence-corrected chi connectivity index (χ3v) is 2.60. The first-order valence-corrected chi connectivity index (χ1v) is 5.79. The molecule has 1 heterocycles. The predicted molar refractivity (Wildman–Crippen MR) is 57.7 cm³/mol. The van der Waals surface area contributed by atoms with Crippen molar-refractivity contribution >= 4 is 5.97 Å². The van der Waals surface area contributed by atoms with Gasteiger partial charge in [-0.05, 0) is 26.2 Å². The Kier molecular flexibility index (Phi) is 5.65. The van der Waals surface area contributed by atoms with Gasteiger partial charge in [-0.1, -0.05) is 6.92 Å². The van der Waals surface area contributed by atoms with Crippen molar-refractivity contribution in [2.75, 3.05) is 19.8 Å². The van der Waals surface area contributed by atoms with E-state index in [0.717, 1.165) is 32.4 Å². The molecular weight excluding hydrogens is 194 g/mol. The highest BCUT2D eigenvalue weighted by atomic mass is 16.5. The van der Waals surface area contributed by atoms with Crippen LogP contribution in [-0.2, 0) is 14.3 Å². The maximum Gasteiger partial charge on any atom is 0.323 e. The van der Waals surface area contributed by atoms with Crippen LogP contribution in [0.15, 0.2) is 0 Å². The first kappa shape index (κ1) is 12.5. The van der Waals surface area contributed by atoms with Crippen LogP contribution in [0.1, 0.15) is 33.1 Å². The molecule has 0 radical (unpaired) electrons. The number of nitrogens with one attached hydrogen (secondary N) is 1. The van der Waals surface area contributed by atoms with Gasteiger partial charge in [0.15, 0.2) is 0 Å². The summed E-state index contributed by atoms with van der Waals surface area (Å²) in [4.78, 5) is 11.5. The van der Waals surface area contributed by atoms with E-state index in [1.807, 2.05) is 13.8 Å². The number of ether oxygens (including phenoxy) is 2. The predicted octanol–water partition coefficient (Wildman–Crippen LogP) is 1.10. The van der Waals surface area contributed by atoms with Crippen molar-refractivity contribution in [3.8, 4) is 0 Å². The van der Waals surface area contributed by atoms with Gasteiger partial charge in [0.2, 0.25) is 0 Å². The fourth-order valence-corrected chi connectivity index (χ4v) is 1.72. The Bertz CT molecular complexity index is 190. The molecule has 1 rings (SSSR count). The molecule has 1 aliphatic heterocycles. The second-order valence-corrected chi connectivity index (χ2v) is 3.76. The van der Waals surface area contributed by atoms with E-state index in [-0.39, 0.29) is 18.1 Å². The van der Waals surface area contributed by atoms with Crippen LogP contribution in [0.4, 0.5) is 0 Å². The molecule has 0 amide bonds. The Morgan fingerprint density at radius 3 is 2.93 bits per heavy atom. The highest BCUT2D eigenvalue weighted by Crippen LogP contribution is 2.11. The number of esters is 1. The van der Waals surface area contributed by atoms with Crippen LogP contribution in [0.3, 0.4) is 0 Å². The van der Waals surface area contributed by atoms with Gasteiger partial charge in [-0.3, -0.25) is 4.79 Å². The van der Waals surface area contributed by atoms with E-state index >= 15 is 0 Å². The summed E-state index contributed by atoms with van der Waals surface area (Å²) in [6, 6.07) is -0.186. The summed E-state index contributed by atoms with van der Waals surface area (Å²) in [6.45, 7) is 5.84. The number of carbonyl (C=O) groups excluding carboxylic acids is 1. The first-order chi connectivity index (χ1) is 7.27. The zero-order valence-corrected chi connectivity index (χ0v) is 9.62. The fourth-order valence-electron chi connectivity index (χ4n) is 1.72. The maximum atomic E-state index is 11.5. The Labute approximate surface area is 91.3 Å². The zero-order valence-electron chi connectivity index (χ0n) is 9.62. The molecule has 1 saturated heterocycles. The van der Waals surface area contributed by atoms with Crippen LogP contribution in [0.5, 0.6) is 0 Å². The molecule has 2 unspecified atom stereocenters. The molecule has 0 spiro atoms. The average molecular weight is 215 g/mol. The summed E-state index contributed by atoms with van der Waals surface area (Å²) < 4.78 is 10.4. The van der Waals surface area contributed by atoms with Crippen molar-refractivity contribution in [3.63, 3.8) is 0 Å². The molecule has 0 aromatic heterocycles. The second-order valence-electron chi connectivity index (χ2n) is 3.76. The SMILES string of the molecule is CCOC(=O)C(CC)NCC1CCCO1. The molecule has 15 heavy (non-hydrogen) atoms. The molecule has 0 bridgehead atoms. The number of carbonyl (C=O) groups is 1. The van der Waals surface area contributed by atoms with Crippen molar-refractivity contribution in [3.05, 3.63) is 0 Å². The molecule has 4 nitrogen and oxygen atoms in total. The van der Waals surface area contributed by atoms with Crippen LogP contribution >= 0.6 is 0 Å². The molecular formula is C11H21NO3. The topological polar surface area (TPSA) is 47.6 Å². The number of hydrogen-bond donors (Lipinski definition) is 1. The smallest absolute Gasteiger partial charge is 0.323 e. The van der Waals surface area contributed by atoms with Crippen LogP contribution in [0.25, 0.3) is 0 Å².